The van der Waals surface area contributed by atoms with Crippen molar-refractivity contribution >= 4 is 11.8 Å². The summed E-state index contributed by atoms with van der Waals surface area (Å²) in [5.41, 5.74) is -1.32. The highest BCUT2D eigenvalue weighted by Gasteiger charge is 2.57. The lowest BCUT2D eigenvalue weighted by Crippen LogP contribution is -2.76. The van der Waals surface area contributed by atoms with E-state index in [1.807, 2.05) is 18.7 Å². The fourth-order valence-electron chi connectivity index (χ4n) is 3.64. The van der Waals surface area contributed by atoms with Gasteiger partial charge in [-0.1, -0.05) is 33.1 Å². The molecule has 2 atom stereocenters. The number of nitrogens with zero attached hydrogens (tertiary/aromatic N) is 1. The van der Waals surface area contributed by atoms with Crippen LogP contribution >= 0.6 is 0 Å². The molecule has 114 valence electrons. The summed E-state index contributed by atoms with van der Waals surface area (Å²) in [7, 11) is 0. The van der Waals surface area contributed by atoms with Gasteiger partial charge in [-0.05, 0) is 39.5 Å². The van der Waals surface area contributed by atoms with Gasteiger partial charge in [0, 0.05) is 6.04 Å². The Balaban J connectivity index is 2.44. The van der Waals surface area contributed by atoms with E-state index >= 15 is 0 Å². The van der Waals surface area contributed by atoms with E-state index in [0.29, 0.717) is 6.42 Å². The summed E-state index contributed by atoms with van der Waals surface area (Å²) >= 11 is 0. The maximum absolute atomic E-state index is 13.0. The van der Waals surface area contributed by atoms with Gasteiger partial charge in [-0.15, -0.1) is 0 Å². The summed E-state index contributed by atoms with van der Waals surface area (Å²) in [6, 6.07) is 0.123. The zero-order valence-corrected chi connectivity index (χ0v) is 13.3. The van der Waals surface area contributed by atoms with E-state index in [2.05, 4.69) is 19.2 Å². The van der Waals surface area contributed by atoms with Crippen molar-refractivity contribution in [2.75, 3.05) is 0 Å². The maximum Gasteiger partial charge on any atom is 0.249 e. The topological polar surface area (TPSA) is 49.4 Å². The van der Waals surface area contributed by atoms with Crippen LogP contribution in [0.25, 0.3) is 0 Å². The Morgan fingerprint density at radius 2 is 1.80 bits per heavy atom. The summed E-state index contributed by atoms with van der Waals surface area (Å²) in [6.07, 6.45) is 6.40. The zero-order valence-electron chi connectivity index (χ0n) is 13.3. The third-order valence-corrected chi connectivity index (χ3v) is 5.38. The molecule has 2 amide bonds. The lowest BCUT2D eigenvalue weighted by molar-refractivity contribution is -0.168. The average Bonchev–Trinajstić information content (AvgIpc) is 2.46. The normalized spacial score (nSPS) is 31.3. The molecule has 1 aliphatic heterocycles. The van der Waals surface area contributed by atoms with Crippen LogP contribution in [0.15, 0.2) is 0 Å². The minimum Gasteiger partial charge on any atom is -0.340 e. The molecule has 1 spiro atoms. The van der Waals surface area contributed by atoms with Gasteiger partial charge in [0.1, 0.15) is 11.1 Å². The molecular formula is C16H28N2O2. The van der Waals surface area contributed by atoms with Crippen molar-refractivity contribution in [2.24, 2.45) is 0 Å². The molecule has 2 rings (SSSR count). The number of amides is 2. The molecule has 20 heavy (non-hydrogen) atoms. The van der Waals surface area contributed by atoms with Crippen LogP contribution in [0.1, 0.15) is 72.6 Å². The van der Waals surface area contributed by atoms with E-state index in [1.54, 1.807) is 0 Å². The number of rotatable bonds is 3. The summed E-state index contributed by atoms with van der Waals surface area (Å²) in [6.45, 7) is 7.98. The minimum absolute atomic E-state index is 0.0708. The van der Waals surface area contributed by atoms with Gasteiger partial charge in [0.2, 0.25) is 11.8 Å². The Labute approximate surface area is 122 Å². The molecule has 1 heterocycles. The van der Waals surface area contributed by atoms with E-state index in [-0.39, 0.29) is 17.9 Å². The van der Waals surface area contributed by atoms with Crippen molar-refractivity contribution < 1.29 is 9.59 Å². The van der Waals surface area contributed by atoms with Crippen molar-refractivity contribution in [1.82, 2.24) is 10.2 Å². The van der Waals surface area contributed by atoms with Crippen molar-refractivity contribution in [3.05, 3.63) is 0 Å². The van der Waals surface area contributed by atoms with Crippen molar-refractivity contribution in [3.8, 4) is 0 Å². The molecule has 1 saturated carbocycles. The zero-order chi connectivity index (χ0) is 15.0. The molecule has 1 aliphatic carbocycles. The highest BCUT2D eigenvalue weighted by atomic mass is 16.2. The molecule has 2 unspecified atom stereocenters. The van der Waals surface area contributed by atoms with Gasteiger partial charge in [0.15, 0.2) is 0 Å². The van der Waals surface area contributed by atoms with Crippen molar-refractivity contribution in [2.45, 2.75) is 89.8 Å². The van der Waals surface area contributed by atoms with Gasteiger partial charge >= 0.3 is 0 Å². The van der Waals surface area contributed by atoms with E-state index in [1.165, 1.54) is 6.42 Å². The lowest BCUT2D eigenvalue weighted by atomic mass is 9.74. The second kappa shape index (κ2) is 5.38. The first kappa shape index (κ1) is 15.3. The Kier molecular flexibility index (Phi) is 4.12. The van der Waals surface area contributed by atoms with Gasteiger partial charge in [-0.25, -0.2) is 0 Å². The third-order valence-electron chi connectivity index (χ3n) is 5.38. The van der Waals surface area contributed by atoms with Crippen molar-refractivity contribution in [1.29, 1.82) is 0 Å². The summed E-state index contributed by atoms with van der Waals surface area (Å²) in [4.78, 5) is 27.8. The van der Waals surface area contributed by atoms with Crippen LogP contribution in [0.5, 0.6) is 0 Å². The second-order valence-electron chi connectivity index (χ2n) is 6.66. The first-order chi connectivity index (χ1) is 9.41. The van der Waals surface area contributed by atoms with Gasteiger partial charge in [-0.2, -0.15) is 0 Å². The summed E-state index contributed by atoms with van der Waals surface area (Å²) < 4.78 is 0. The average molecular weight is 280 g/mol. The van der Waals surface area contributed by atoms with Crippen LogP contribution in [0.4, 0.5) is 0 Å². The number of carbonyl (C=O) groups excluding carboxylic acids is 2. The van der Waals surface area contributed by atoms with Crippen molar-refractivity contribution in [3.63, 3.8) is 0 Å². The van der Waals surface area contributed by atoms with Gasteiger partial charge in [0.05, 0.1) is 0 Å². The van der Waals surface area contributed by atoms with E-state index < -0.39 is 11.1 Å². The molecule has 0 aromatic heterocycles. The standard InChI is InChI=1S/C16H28N2O2/c1-5-12(3)18-14(20)15(4,6-2)17-13(19)16(18)10-8-7-9-11-16/h12H,5-11H2,1-4H3,(H,17,19). The molecule has 0 bridgehead atoms. The van der Waals surface area contributed by atoms with Crippen LogP contribution in [-0.4, -0.2) is 33.8 Å². The van der Waals surface area contributed by atoms with E-state index in [0.717, 1.165) is 32.1 Å². The Bertz CT molecular complexity index is 401. The molecule has 1 saturated heterocycles. The number of nitrogens with one attached hydrogen (secondary N) is 1. The molecule has 2 aliphatic rings. The predicted molar refractivity (Wildman–Crippen MR) is 79.3 cm³/mol. The molecule has 0 aromatic carbocycles. The molecule has 2 fully saturated rings. The second-order valence-corrected chi connectivity index (χ2v) is 6.66. The summed E-state index contributed by atoms with van der Waals surface area (Å²) in [5.74, 6) is 0.178. The number of hydrogen-bond donors (Lipinski definition) is 1. The first-order valence-electron chi connectivity index (χ1n) is 8.07. The Hall–Kier alpha value is -1.06. The van der Waals surface area contributed by atoms with Crippen LogP contribution in [0, 0.1) is 0 Å². The van der Waals surface area contributed by atoms with Crippen LogP contribution in [-0.2, 0) is 9.59 Å². The summed E-state index contributed by atoms with van der Waals surface area (Å²) in [5, 5.41) is 3.03. The Morgan fingerprint density at radius 1 is 1.20 bits per heavy atom. The highest BCUT2D eigenvalue weighted by molar-refractivity contribution is 6.02. The van der Waals surface area contributed by atoms with Gasteiger partial charge in [0.25, 0.3) is 0 Å². The quantitative estimate of drug-likeness (QED) is 0.864. The van der Waals surface area contributed by atoms with E-state index in [9.17, 15) is 9.59 Å². The fourth-order valence-corrected chi connectivity index (χ4v) is 3.64. The van der Waals surface area contributed by atoms with Crippen LogP contribution in [0.3, 0.4) is 0 Å². The number of carbonyl (C=O) groups is 2. The fraction of sp³-hybridized carbons (Fsp3) is 0.875. The SMILES string of the molecule is CCC(C)N1C(=O)C(C)(CC)NC(=O)C12CCCCC2. The predicted octanol–water partition coefficient (Wildman–Crippen LogP) is 2.61. The number of piperazine rings is 1. The monoisotopic (exact) mass is 280 g/mol. The molecule has 4 heteroatoms. The minimum atomic E-state index is -0.733. The molecule has 4 nitrogen and oxygen atoms in total. The van der Waals surface area contributed by atoms with Gasteiger partial charge in [-0.3, -0.25) is 9.59 Å². The molecular weight excluding hydrogens is 252 g/mol. The molecule has 0 radical (unpaired) electrons. The molecule has 0 aromatic rings. The highest BCUT2D eigenvalue weighted by Crippen LogP contribution is 2.40. The smallest absolute Gasteiger partial charge is 0.249 e. The third kappa shape index (κ3) is 2.13. The number of hydrogen-bond acceptors (Lipinski definition) is 2. The Morgan fingerprint density at radius 3 is 2.30 bits per heavy atom. The van der Waals surface area contributed by atoms with E-state index in [4.69, 9.17) is 0 Å². The first-order valence-corrected chi connectivity index (χ1v) is 8.07. The largest absolute Gasteiger partial charge is 0.340 e. The van der Waals surface area contributed by atoms with Crippen LogP contribution in [0.2, 0.25) is 0 Å². The maximum atomic E-state index is 13.0. The molecule has 1 N–H and O–H groups in total. The van der Waals surface area contributed by atoms with Gasteiger partial charge < -0.3 is 10.2 Å². The lowest BCUT2D eigenvalue weighted by Gasteiger charge is -2.55. The van der Waals surface area contributed by atoms with Crippen LogP contribution < -0.4 is 5.32 Å².